The number of anilines is 2. The highest BCUT2D eigenvalue weighted by Gasteiger charge is 2.08. The second-order valence-corrected chi connectivity index (χ2v) is 5.50. The summed E-state index contributed by atoms with van der Waals surface area (Å²) in [5.74, 6) is 0.512. The van der Waals surface area contributed by atoms with Crippen LogP contribution in [-0.2, 0) is 4.79 Å². The zero-order chi connectivity index (χ0) is 16.1. The van der Waals surface area contributed by atoms with Gasteiger partial charge >= 0.3 is 0 Å². The Balaban J connectivity index is 2.00. The molecule has 2 N–H and O–H groups in total. The van der Waals surface area contributed by atoms with Crippen LogP contribution in [0.15, 0.2) is 36.4 Å². The third-order valence-corrected chi connectivity index (χ3v) is 3.49. The number of carbonyl (C=O) groups excluding carboxylic acids is 1. The number of amides is 1. The lowest BCUT2D eigenvalue weighted by atomic mass is 10.1. The molecule has 0 saturated heterocycles. The van der Waals surface area contributed by atoms with Crippen LogP contribution in [0, 0.1) is 13.8 Å². The summed E-state index contributed by atoms with van der Waals surface area (Å²) in [6, 6.07) is 11.1. The molecule has 116 valence electrons. The second kappa shape index (κ2) is 7.18. The van der Waals surface area contributed by atoms with E-state index in [4.69, 9.17) is 16.3 Å². The van der Waals surface area contributed by atoms with Crippen LogP contribution < -0.4 is 15.4 Å². The molecule has 0 aliphatic heterocycles. The van der Waals surface area contributed by atoms with Crippen molar-refractivity contribution in [2.75, 3.05) is 24.3 Å². The molecular formula is C17H19ClN2O2. The highest BCUT2D eigenvalue weighted by atomic mass is 35.5. The van der Waals surface area contributed by atoms with Gasteiger partial charge < -0.3 is 15.4 Å². The lowest BCUT2D eigenvalue weighted by molar-refractivity contribution is -0.114. The molecule has 2 rings (SSSR count). The fourth-order valence-electron chi connectivity index (χ4n) is 2.14. The molecule has 0 spiro atoms. The SMILES string of the molecule is COc1ccc(Cl)cc1NCC(=O)Nc1ccc(C)cc1C. The first kappa shape index (κ1) is 16.2. The molecular weight excluding hydrogens is 300 g/mol. The van der Waals surface area contributed by atoms with Crippen molar-refractivity contribution in [1.82, 2.24) is 0 Å². The number of ether oxygens (including phenoxy) is 1. The number of methoxy groups -OCH3 is 1. The number of aryl methyl sites for hydroxylation is 2. The van der Waals surface area contributed by atoms with Crippen LogP contribution in [0.5, 0.6) is 5.75 Å². The zero-order valence-electron chi connectivity index (χ0n) is 12.9. The molecule has 5 heteroatoms. The number of benzene rings is 2. The maximum absolute atomic E-state index is 12.1. The van der Waals surface area contributed by atoms with Crippen molar-refractivity contribution in [3.8, 4) is 5.75 Å². The molecule has 0 bridgehead atoms. The number of carbonyl (C=O) groups is 1. The topological polar surface area (TPSA) is 50.4 Å². The van der Waals surface area contributed by atoms with Crippen molar-refractivity contribution in [2.24, 2.45) is 0 Å². The number of hydrogen-bond acceptors (Lipinski definition) is 3. The Bertz CT molecular complexity index is 686. The molecule has 0 radical (unpaired) electrons. The van der Waals surface area contributed by atoms with Gasteiger partial charge in [-0.2, -0.15) is 0 Å². The summed E-state index contributed by atoms with van der Waals surface area (Å²) >= 11 is 5.96. The lowest BCUT2D eigenvalue weighted by Gasteiger charge is -2.13. The van der Waals surface area contributed by atoms with Gasteiger partial charge in [0.1, 0.15) is 5.75 Å². The monoisotopic (exact) mass is 318 g/mol. The van der Waals surface area contributed by atoms with Crippen LogP contribution in [0.1, 0.15) is 11.1 Å². The van der Waals surface area contributed by atoms with Gasteiger partial charge in [0, 0.05) is 10.7 Å². The van der Waals surface area contributed by atoms with E-state index in [1.807, 2.05) is 32.0 Å². The van der Waals surface area contributed by atoms with Crippen LogP contribution in [0.3, 0.4) is 0 Å². The molecule has 0 aromatic heterocycles. The summed E-state index contributed by atoms with van der Waals surface area (Å²) in [7, 11) is 1.57. The van der Waals surface area contributed by atoms with Crippen molar-refractivity contribution >= 4 is 28.9 Å². The van der Waals surface area contributed by atoms with E-state index < -0.39 is 0 Å². The molecule has 0 atom stereocenters. The van der Waals surface area contributed by atoms with E-state index in [1.165, 1.54) is 0 Å². The summed E-state index contributed by atoms with van der Waals surface area (Å²) in [4.78, 5) is 12.1. The van der Waals surface area contributed by atoms with E-state index in [0.717, 1.165) is 16.8 Å². The molecule has 0 saturated carbocycles. The zero-order valence-corrected chi connectivity index (χ0v) is 13.6. The Kier molecular flexibility index (Phi) is 5.28. The minimum atomic E-state index is -0.131. The van der Waals surface area contributed by atoms with Gasteiger partial charge in [-0.25, -0.2) is 0 Å². The fourth-order valence-corrected chi connectivity index (χ4v) is 2.31. The van der Waals surface area contributed by atoms with E-state index in [9.17, 15) is 4.79 Å². The summed E-state index contributed by atoms with van der Waals surface area (Å²) in [5.41, 5.74) is 3.70. The van der Waals surface area contributed by atoms with Crippen LogP contribution in [0.25, 0.3) is 0 Å². The van der Waals surface area contributed by atoms with E-state index in [2.05, 4.69) is 10.6 Å². The molecule has 2 aromatic rings. The Labute approximate surface area is 135 Å². The number of hydrogen-bond donors (Lipinski definition) is 2. The van der Waals surface area contributed by atoms with Crippen LogP contribution in [0.4, 0.5) is 11.4 Å². The molecule has 0 unspecified atom stereocenters. The van der Waals surface area contributed by atoms with E-state index >= 15 is 0 Å². The van der Waals surface area contributed by atoms with Crippen molar-refractivity contribution in [2.45, 2.75) is 13.8 Å². The van der Waals surface area contributed by atoms with Gasteiger partial charge in [-0.15, -0.1) is 0 Å². The van der Waals surface area contributed by atoms with Gasteiger partial charge in [0.15, 0.2) is 0 Å². The Hall–Kier alpha value is -2.20. The van der Waals surface area contributed by atoms with E-state index in [0.29, 0.717) is 16.5 Å². The first-order valence-electron chi connectivity index (χ1n) is 6.94. The summed E-state index contributed by atoms with van der Waals surface area (Å²) in [6.07, 6.45) is 0. The fraction of sp³-hybridized carbons (Fsp3) is 0.235. The molecule has 0 fully saturated rings. The second-order valence-electron chi connectivity index (χ2n) is 5.06. The average Bonchev–Trinajstić information content (AvgIpc) is 2.48. The number of rotatable bonds is 5. The Morgan fingerprint density at radius 3 is 2.59 bits per heavy atom. The van der Waals surface area contributed by atoms with Gasteiger partial charge in [-0.05, 0) is 43.7 Å². The van der Waals surface area contributed by atoms with Crippen molar-refractivity contribution in [3.05, 3.63) is 52.5 Å². The lowest BCUT2D eigenvalue weighted by Crippen LogP contribution is -2.22. The van der Waals surface area contributed by atoms with Crippen LogP contribution in [0.2, 0.25) is 5.02 Å². The maximum Gasteiger partial charge on any atom is 0.243 e. The predicted octanol–water partition coefficient (Wildman–Crippen LogP) is 4.02. The number of nitrogens with one attached hydrogen (secondary N) is 2. The summed E-state index contributed by atoms with van der Waals surface area (Å²) in [6.45, 7) is 4.12. The van der Waals surface area contributed by atoms with Gasteiger partial charge in [-0.1, -0.05) is 29.3 Å². The van der Waals surface area contributed by atoms with Crippen molar-refractivity contribution < 1.29 is 9.53 Å². The summed E-state index contributed by atoms with van der Waals surface area (Å²) in [5, 5.41) is 6.50. The van der Waals surface area contributed by atoms with Gasteiger partial charge in [0.05, 0.1) is 19.3 Å². The Morgan fingerprint density at radius 2 is 1.91 bits per heavy atom. The quantitative estimate of drug-likeness (QED) is 0.875. The highest BCUT2D eigenvalue weighted by Crippen LogP contribution is 2.27. The normalized spacial score (nSPS) is 10.2. The van der Waals surface area contributed by atoms with Crippen molar-refractivity contribution in [1.29, 1.82) is 0 Å². The number of halogens is 1. The summed E-state index contributed by atoms with van der Waals surface area (Å²) < 4.78 is 5.23. The van der Waals surface area contributed by atoms with Gasteiger partial charge in [0.2, 0.25) is 5.91 Å². The molecule has 1 amide bonds. The first-order chi connectivity index (χ1) is 10.5. The minimum Gasteiger partial charge on any atom is -0.495 e. The third-order valence-electron chi connectivity index (χ3n) is 3.26. The largest absolute Gasteiger partial charge is 0.495 e. The molecule has 0 heterocycles. The molecule has 2 aromatic carbocycles. The minimum absolute atomic E-state index is 0.129. The average molecular weight is 319 g/mol. The molecule has 4 nitrogen and oxygen atoms in total. The van der Waals surface area contributed by atoms with E-state index in [1.54, 1.807) is 25.3 Å². The highest BCUT2D eigenvalue weighted by molar-refractivity contribution is 6.30. The third kappa shape index (κ3) is 4.15. The predicted molar refractivity (Wildman–Crippen MR) is 91.0 cm³/mol. The molecule has 0 aliphatic carbocycles. The Morgan fingerprint density at radius 1 is 1.14 bits per heavy atom. The molecule has 0 aliphatic rings. The van der Waals surface area contributed by atoms with Gasteiger partial charge in [-0.3, -0.25) is 4.79 Å². The molecule has 22 heavy (non-hydrogen) atoms. The standard InChI is InChI=1S/C17H19ClN2O2/c1-11-4-6-14(12(2)8-11)20-17(21)10-19-15-9-13(18)5-7-16(15)22-3/h4-9,19H,10H2,1-3H3,(H,20,21). The van der Waals surface area contributed by atoms with E-state index in [-0.39, 0.29) is 12.5 Å². The van der Waals surface area contributed by atoms with Crippen LogP contribution in [-0.4, -0.2) is 19.6 Å². The van der Waals surface area contributed by atoms with Crippen LogP contribution >= 0.6 is 11.6 Å². The maximum atomic E-state index is 12.1. The first-order valence-corrected chi connectivity index (χ1v) is 7.32. The van der Waals surface area contributed by atoms with Gasteiger partial charge in [0.25, 0.3) is 0 Å². The van der Waals surface area contributed by atoms with Crippen molar-refractivity contribution in [3.63, 3.8) is 0 Å². The smallest absolute Gasteiger partial charge is 0.243 e.